The first kappa shape index (κ1) is 13.6. The van der Waals surface area contributed by atoms with Crippen LogP contribution < -0.4 is 5.73 Å². The molecule has 17 heavy (non-hydrogen) atoms. The Balaban J connectivity index is 2.50. The van der Waals surface area contributed by atoms with Gasteiger partial charge < -0.3 is 10.5 Å². The molecule has 1 rings (SSSR count). The highest BCUT2D eigenvalue weighted by Crippen LogP contribution is 2.23. The topological polar surface area (TPSA) is 69.4 Å². The molecule has 0 spiro atoms. The van der Waals surface area contributed by atoms with Crippen LogP contribution in [0.15, 0.2) is 35.2 Å². The van der Waals surface area contributed by atoms with E-state index in [4.69, 9.17) is 10.5 Å². The third kappa shape index (κ3) is 4.48. The van der Waals surface area contributed by atoms with Gasteiger partial charge in [-0.15, -0.1) is 11.8 Å². The van der Waals surface area contributed by atoms with E-state index in [0.717, 1.165) is 4.90 Å². The van der Waals surface area contributed by atoms with E-state index in [2.05, 4.69) is 0 Å². The molecular weight excluding hydrogens is 238 g/mol. The Bertz CT molecular complexity index is 394. The first-order valence-corrected chi connectivity index (χ1v) is 6.10. The number of amides is 1. The number of carbonyl (C=O) groups is 2. The van der Waals surface area contributed by atoms with Crippen LogP contribution >= 0.6 is 11.8 Å². The molecule has 1 amide bonds. The van der Waals surface area contributed by atoms with E-state index in [0.29, 0.717) is 0 Å². The predicted octanol–water partition coefficient (Wildman–Crippen LogP) is 1.58. The van der Waals surface area contributed by atoms with Gasteiger partial charge in [0.15, 0.2) is 6.10 Å². The maximum Gasteiger partial charge on any atom is 0.319 e. The van der Waals surface area contributed by atoms with Gasteiger partial charge in [-0.3, -0.25) is 9.59 Å². The molecule has 0 saturated carbocycles. The number of primary amides is 1. The number of esters is 1. The molecule has 0 aliphatic rings. The van der Waals surface area contributed by atoms with Crippen molar-refractivity contribution in [2.75, 3.05) is 0 Å². The predicted molar refractivity (Wildman–Crippen MR) is 66.5 cm³/mol. The van der Waals surface area contributed by atoms with Crippen LogP contribution in [0.1, 0.15) is 13.8 Å². The van der Waals surface area contributed by atoms with E-state index < -0.39 is 18.0 Å². The largest absolute Gasteiger partial charge is 0.452 e. The molecule has 2 atom stereocenters. The van der Waals surface area contributed by atoms with Crippen LogP contribution in [0.25, 0.3) is 0 Å². The highest BCUT2D eigenvalue weighted by atomic mass is 32.2. The van der Waals surface area contributed by atoms with Crippen molar-refractivity contribution >= 4 is 23.6 Å². The molecule has 0 unspecified atom stereocenters. The van der Waals surface area contributed by atoms with E-state index in [-0.39, 0.29) is 5.25 Å². The second-order valence-electron chi connectivity index (χ2n) is 3.55. The zero-order valence-electron chi connectivity index (χ0n) is 9.75. The van der Waals surface area contributed by atoms with Crippen molar-refractivity contribution in [3.63, 3.8) is 0 Å². The first-order chi connectivity index (χ1) is 8.00. The summed E-state index contributed by atoms with van der Waals surface area (Å²) < 4.78 is 4.91. The second-order valence-corrected chi connectivity index (χ2v) is 4.97. The van der Waals surface area contributed by atoms with Crippen molar-refractivity contribution < 1.29 is 14.3 Å². The fraction of sp³-hybridized carbons (Fsp3) is 0.333. The number of hydrogen-bond donors (Lipinski definition) is 1. The lowest BCUT2D eigenvalue weighted by molar-refractivity contribution is -0.152. The van der Waals surface area contributed by atoms with Gasteiger partial charge in [0.25, 0.3) is 5.91 Å². The summed E-state index contributed by atoms with van der Waals surface area (Å²) in [4.78, 5) is 23.3. The zero-order valence-corrected chi connectivity index (χ0v) is 10.6. The Morgan fingerprint density at radius 1 is 1.24 bits per heavy atom. The molecule has 0 aliphatic heterocycles. The Kier molecular flexibility index (Phi) is 5.03. The molecular formula is C12H15NO3S. The number of thioether (sulfide) groups is 1. The number of hydrogen-bond acceptors (Lipinski definition) is 4. The lowest BCUT2D eigenvalue weighted by Gasteiger charge is -2.14. The molecule has 0 saturated heterocycles. The minimum absolute atomic E-state index is 0.376. The van der Waals surface area contributed by atoms with Gasteiger partial charge in [0.05, 0.1) is 0 Å². The number of nitrogens with two attached hydrogens (primary N) is 1. The Labute approximate surface area is 105 Å². The lowest BCUT2D eigenvalue weighted by Crippen LogP contribution is -2.32. The molecule has 0 heterocycles. The Morgan fingerprint density at radius 2 is 1.82 bits per heavy atom. The van der Waals surface area contributed by atoms with Crippen LogP contribution in [0.2, 0.25) is 0 Å². The second kappa shape index (κ2) is 6.30. The summed E-state index contributed by atoms with van der Waals surface area (Å²) in [6, 6.07) is 9.51. The van der Waals surface area contributed by atoms with Gasteiger partial charge in [-0.1, -0.05) is 18.2 Å². The van der Waals surface area contributed by atoms with E-state index in [9.17, 15) is 9.59 Å². The minimum atomic E-state index is -0.888. The maximum atomic E-state index is 11.6. The highest BCUT2D eigenvalue weighted by Gasteiger charge is 2.20. The average Bonchev–Trinajstić information content (AvgIpc) is 2.29. The van der Waals surface area contributed by atoms with Crippen LogP contribution in [0.5, 0.6) is 0 Å². The third-order valence-corrected chi connectivity index (χ3v) is 3.17. The summed E-state index contributed by atoms with van der Waals surface area (Å²) >= 11 is 1.38. The monoisotopic (exact) mass is 253 g/mol. The number of ether oxygens (including phenoxy) is 1. The normalized spacial score (nSPS) is 13.8. The van der Waals surface area contributed by atoms with Gasteiger partial charge in [0.2, 0.25) is 0 Å². The molecule has 1 aromatic carbocycles. The Hall–Kier alpha value is -1.49. The van der Waals surface area contributed by atoms with Gasteiger partial charge in [0, 0.05) is 4.90 Å². The van der Waals surface area contributed by atoms with Crippen molar-refractivity contribution in [3.8, 4) is 0 Å². The van der Waals surface area contributed by atoms with Gasteiger partial charge in [-0.2, -0.15) is 0 Å². The molecule has 5 heteroatoms. The van der Waals surface area contributed by atoms with Crippen LogP contribution in [-0.4, -0.2) is 23.2 Å². The van der Waals surface area contributed by atoms with Gasteiger partial charge >= 0.3 is 5.97 Å². The molecule has 92 valence electrons. The van der Waals surface area contributed by atoms with Crippen LogP contribution in [0, 0.1) is 0 Å². The van der Waals surface area contributed by atoms with E-state index in [1.165, 1.54) is 18.7 Å². The highest BCUT2D eigenvalue weighted by molar-refractivity contribution is 8.00. The van der Waals surface area contributed by atoms with Crippen molar-refractivity contribution in [1.82, 2.24) is 0 Å². The number of rotatable bonds is 5. The van der Waals surface area contributed by atoms with Crippen LogP contribution in [0.3, 0.4) is 0 Å². The maximum absolute atomic E-state index is 11.6. The molecule has 0 fully saturated rings. The first-order valence-electron chi connectivity index (χ1n) is 5.22. The third-order valence-electron chi connectivity index (χ3n) is 2.08. The molecule has 4 nitrogen and oxygen atoms in total. The SMILES string of the molecule is C[C@@H](OC(=O)[C@@H](C)Sc1ccccc1)C(N)=O. The van der Waals surface area contributed by atoms with Crippen molar-refractivity contribution in [3.05, 3.63) is 30.3 Å². The Morgan fingerprint density at radius 3 is 2.35 bits per heavy atom. The summed E-state index contributed by atoms with van der Waals surface area (Å²) in [6.45, 7) is 3.19. The van der Waals surface area contributed by atoms with Crippen molar-refractivity contribution in [1.29, 1.82) is 0 Å². The minimum Gasteiger partial charge on any atom is -0.452 e. The number of carbonyl (C=O) groups excluding carboxylic acids is 2. The molecule has 0 aromatic heterocycles. The summed E-state index contributed by atoms with van der Waals surface area (Å²) in [5, 5.41) is -0.376. The van der Waals surface area contributed by atoms with Gasteiger partial charge in [-0.05, 0) is 26.0 Å². The van der Waals surface area contributed by atoms with E-state index in [1.807, 2.05) is 30.3 Å². The fourth-order valence-corrected chi connectivity index (χ4v) is 1.95. The average molecular weight is 253 g/mol. The van der Waals surface area contributed by atoms with Crippen LogP contribution in [-0.2, 0) is 14.3 Å². The summed E-state index contributed by atoms with van der Waals surface area (Å²) in [5.74, 6) is -1.08. The molecule has 2 N–H and O–H groups in total. The molecule has 0 bridgehead atoms. The molecule has 1 aromatic rings. The van der Waals surface area contributed by atoms with Crippen molar-refractivity contribution in [2.45, 2.75) is 30.1 Å². The van der Waals surface area contributed by atoms with Gasteiger partial charge in [0.1, 0.15) is 5.25 Å². The van der Waals surface area contributed by atoms with Gasteiger partial charge in [-0.25, -0.2) is 0 Å². The zero-order chi connectivity index (χ0) is 12.8. The fourth-order valence-electron chi connectivity index (χ4n) is 1.08. The summed E-state index contributed by atoms with van der Waals surface area (Å²) in [6.07, 6.45) is -0.888. The van der Waals surface area contributed by atoms with Crippen molar-refractivity contribution in [2.24, 2.45) is 5.73 Å². The quantitative estimate of drug-likeness (QED) is 0.639. The summed E-state index contributed by atoms with van der Waals surface area (Å²) in [7, 11) is 0. The standard InChI is InChI=1S/C12H15NO3S/c1-8(11(13)14)16-12(15)9(2)17-10-6-4-3-5-7-10/h3-9H,1-2H3,(H2,13,14)/t8-,9-/m1/s1. The number of benzene rings is 1. The van der Waals surface area contributed by atoms with E-state index >= 15 is 0 Å². The smallest absolute Gasteiger partial charge is 0.319 e. The van der Waals surface area contributed by atoms with Crippen LogP contribution in [0.4, 0.5) is 0 Å². The summed E-state index contributed by atoms with van der Waals surface area (Å²) in [5.41, 5.74) is 5.01. The van der Waals surface area contributed by atoms with E-state index in [1.54, 1.807) is 6.92 Å². The molecule has 0 radical (unpaired) electrons. The lowest BCUT2D eigenvalue weighted by atomic mass is 10.4. The molecule has 0 aliphatic carbocycles.